The lowest BCUT2D eigenvalue weighted by molar-refractivity contribution is -0.146. The van der Waals surface area contributed by atoms with Gasteiger partial charge in [-0.25, -0.2) is 0 Å². The Labute approximate surface area is 140 Å². The van der Waals surface area contributed by atoms with E-state index in [2.05, 4.69) is 5.32 Å². The number of carbonyl (C=O) groups excluding carboxylic acids is 3. The maximum Gasteiger partial charge on any atom is 0.243 e. The minimum Gasteiger partial charge on any atom is -0.353 e. The molecule has 6 heteroatoms. The molecule has 0 saturated carbocycles. The molecule has 0 aliphatic rings. The van der Waals surface area contributed by atoms with Gasteiger partial charge < -0.3 is 15.1 Å². The molecule has 1 N–H and O–H groups in total. The van der Waals surface area contributed by atoms with Gasteiger partial charge in [-0.2, -0.15) is 0 Å². The molecule has 2 amide bonds. The largest absolute Gasteiger partial charge is 0.353 e. The number of nitrogens with zero attached hydrogens (tertiary/aromatic N) is 2. The molecule has 0 bridgehead atoms. The van der Waals surface area contributed by atoms with Gasteiger partial charge in [0, 0.05) is 37.9 Å². The highest BCUT2D eigenvalue weighted by Crippen LogP contribution is 2.20. The van der Waals surface area contributed by atoms with E-state index in [0.29, 0.717) is 13.1 Å². The summed E-state index contributed by atoms with van der Waals surface area (Å²) in [6.45, 7) is 10.2. The third-order valence-electron chi connectivity index (χ3n) is 3.63. The summed E-state index contributed by atoms with van der Waals surface area (Å²) < 4.78 is 0. The molecule has 0 aliphatic carbocycles. The van der Waals surface area contributed by atoms with Gasteiger partial charge in [0.25, 0.3) is 0 Å². The maximum atomic E-state index is 12.5. The van der Waals surface area contributed by atoms with E-state index in [1.165, 1.54) is 4.90 Å². The van der Waals surface area contributed by atoms with Gasteiger partial charge in [-0.1, -0.05) is 34.6 Å². The van der Waals surface area contributed by atoms with Crippen LogP contribution in [-0.4, -0.2) is 67.7 Å². The van der Waals surface area contributed by atoms with Crippen LogP contribution in [0.5, 0.6) is 0 Å². The number of hydrogen-bond donors (Lipinski definition) is 1. The third-order valence-corrected chi connectivity index (χ3v) is 3.63. The number of amides is 2. The fourth-order valence-electron chi connectivity index (χ4n) is 2.02. The van der Waals surface area contributed by atoms with E-state index in [1.54, 1.807) is 41.7 Å². The molecule has 0 aromatic carbocycles. The van der Waals surface area contributed by atoms with E-state index in [0.717, 1.165) is 0 Å². The SMILES string of the molecule is CC(C)C(=O)CC(C(=O)NCCN(C)C)N(C)C(=O)C(C)(C)C. The summed E-state index contributed by atoms with van der Waals surface area (Å²) in [5, 5.41) is 2.82. The van der Waals surface area contributed by atoms with Gasteiger partial charge in [-0.15, -0.1) is 0 Å². The average Bonchev–Trinajstić information content (AvgIpc) is 2.40. The van der Waals surface area contributed by atoms with Crippen LogP contribution in [0.1, 0.15) is 41.0 Å². The predicted molar refractivity (Wildman–Crippen MR) is 92.0 cm³/mol. The van der Waals surface area contributed by atoms with Crippen LogP contribution in [0.3, 0.4) is 0 Å². The van der Waals surface area contributed by atoms with Crippen molar-refractivity contribution in [2.75, 3.05) is 34.2 Å². The van der Waals surface area contributed by atoms with Gasteiger partial charge in [-0.3, -0.25) is 14.4 Å². The highest BCUT2D eigenvalue weighted by atomic mass is 16.2. The Bertz CT molecular complexity index is 425. The Morgan fingerprint density at radius 1 is 1.04 bits per heavy atom. The zero-order valence-corrected chi connectivity index (χ0v) is 15.9. The van der Waals surface area contributed by atoms with Crippen LogP contribution < -0.4 is 5.32 Å². The number of nitrogens with one attached hydrogen (secondary N) is 1. The van der Waals surface area contributed by atoms with Crippen molar-refractivity contribution in [1.82, 2.24) is 15.1 Å². The molecular weight excluding hydrogens is 294 g/mol. The quantitative estimate of drug-likeness (QED) is 0.726. The first-order valence-corrected chi connectivity index (χ1v) is 8.10. The molecule has 6 nitrogen and oxygen atoms in total. The molecule has 0 aromatic heterocycles. The van der Waals surface area contributed by atoms with Gasteiger partial charge in [0.2, 0.25) is 11.8 Å². The summed E-state index contributed by atoms with van der Waals surface area (Å²) in [7, 11) is 5.43. The van der Waals surface area contributed by atoms with Crippen LogP contribution in [0.15, 0.2) is 0 Å². The Kier molecular flexibility index (Phi) is 8.45. The Hall–Kier alpha value is -1.43. The van der Waals surface area contributed by atoms with E-state index in [4.69, 9.17) is 0 Å². The topological polar surface area (TPSA) is 69.7 Å². The van der Waals surface area contributed by atoms with Gasteiger partial charge >= 0.3 is 0 Å². The van der Waals surface area contributed by atoms with Gasteiger partial charge in [-0.05, 0) is 14.1 Å². The van der Waals surface area contributed by atoms with Crippen LogP contribution in [0.25, 0.3) is 0 Å². The summed E-state index contributed by atoms with van der Waals surface area (Å²) in [6, 6.07) is -0.765. The van der Waals surface area contributed by atoms with Crippen LogP contribution in [0, 0.1) is 11.3 Å². The first-order valence-electron chi connectivity index (χ1n) is 8.10. The zero-order valence-electron chi connectivity index (χ0n) is 15.9. The van der Waals surface area contributed by atoms with Crippen molar-refractivity contribution in [2.24, 2.45) is 11.3 Å². The second kappa shape index (κ2) is 9.01. The van der Waals surface area contributed by atoms with Crippen molar-refractivity contribution in [2.45, 2.75) is 47.1 Å². The van der Waals surface area contributed by atoms with E-state index < -0.39 is 11.5 Å². The molecule has 134 valence electrons. The van der Waals surface area contributed by atoms with Crippen molar-refractivity contribution in [3.63, 3.8) is 0 Å². The fourth-order valence-corrected chi connectivity index (χ4v) is 2.02. The normalized spacial score (nSPS) is 13.1. The lowest BCUT2D eigenvalue weighted by atomic mass is 9.92. The van der Waals surface area contributed by atoms with E-state index >= 15 is 0 Å². The van der Waals surface area contributed by atoms with Crippen LogP contribution in [0.4, 0.5) is 0 Å². The lowest BCUT2D eigenvalue weighted by Gasteiger charge is -2.32. The molecule has 0 fully saturated rings. The van der Waals surface area contributed by atoms with Crippen molar-refractivity contribution < 1.29 is 14.4 Å². The van der Waals surface area contributed by atoms with Crippen molar-refractivity contribution >= 4 is 17.6 Å². The van der Waals surface area contributed by atoms with Gasteiger partial charge in [0.1, 0.15) is 11.8 Å². The number of Topliss-reactive ketones (excluding diaryl/α,β-unsaturated/α-hetero) is 1. The average molecular weight is 327 g/mol. The minimum absolute atomic E-state index is 0.0219. The van der Waals surface area contributed by atoms with Crippen LogP contribution in [0.2, 0.25) is 0 Å². The second-order valence-electron chi connectivity index (χ2n) is 7.60. The Balaban J connectivity index is 5.11. The number of carbonyl (C=O) groups is 3. The predicted octanol–water partition coefficient (Wildman–Crippen LogP) is 1.15. The first-order chi connectivity index (χ1) is 10.4. The summed E-state index contributed by atoms with van der Waals surface area (Å²) >= 11 is 0. The highest BCUT2D eigenvalue weighted by Gasteiger charge is 2.34. The molecule has 23 heavy (non-hydrogen) atoms. The standard InChI is InChI=1S/C17H33N3O3/c1-12(2)14(21)11-13(15(22)18-9-10-19(6)7)20(8)16(23)17(3,4)5/h12-13H,9-11H2,1-8H3,(H,18,22). The van der Waals surface area contributed by atoms with Crippen LogP contribution in [-0.2, 0) is 14.4 Å². The zero-order chi connectivity index (χ0) is 18.4. The smallest absolute Gasteiger partial charge is 0.243 e. The Morgan fingerprint density at radius 2 is 1.57 bits per heavy atom. The maximum absolute atomic E-state index is 12.5. The van der Waals surface area contributed by atoms with E-state index in [9.17, 15) is 14.4 Å². The molecule has 0 rings (SSSR count). The monoisotopic (exact) mass is 327 g/mol. The van der Waals surface area contributed by atoms with Crippen molar-refractivity contribution in [3.8, 4) is 0 Å². The van der Waals surface area contributed by atoms with Gasteiger partial charge in [0.05, 0.1) is 0 Å². The molecule has 1 atom stereocenters. The third kappa shape index (κ3) is 7.59. The summed E-state index contributed by atoms with van der Waals surface area (Å²) in [5.41, 5.74) is -0.599. The molecule has 0 aliphatic heterocycles. The fraction of sp³-hybridized carbons (Fsp3) is 0.824. The Morgan fingerprint density at radius 3 is 1.96 bits per heavy atom. The number of likely N-dealkylation sites (N-methyl/N-ethyl adjacent to an activating group) is 2. The van der Waals surface area contributed by atoms with Gasteiger partial charge in [0.15, 0.2) is 0 Å². The summed E-state index contributed by atoms with van der Waals surface area (Å²) in [5.74, 6) is -0.612. The van der Waals surface area contributed by atoms with E-state index in [-0.39, 0.29) is 29.9 Å². The molecule has 0 saturated heterocycles. The molecule has 0 radical (unpaired) electrons. The van der Waals surface area contributed by atoms with E-state index in [1.807, 2.05) is 19.0 Å². The number of hydrogen-bond acceptors (Lipinski definition) is 4. The minimum atomic E-state index is -0.765. The molecule has 0 aromatic rings. The van der Waals surface area contributed by atoms with Crippen molar-refractivity contribution in [3.05, 3.63) is 0 Å². The number of rotatable bonds is 8. The van der Waals surface area contributed by atoms with Crippen LogP contribution >= 0.6 is 0 Å². The number of ketones is 1. The molecule has 0 spiro atoms. The first kappa shape index (κ1) is 21.6. The van der Waals surface area contributed by atoms with Crippen molar-refractivity contribution in [1.29, 1.82) is 0 Å². The molecular formula is C17H33N3O3. The molecule has 0 heterocycles. The molecule has 1 unspecified atom stereocenters. The summed E-state index contributed by atoms with van der Waals surface area (Å²) in [4.78, 5) is 40.4. The highest BCUT2D eigenvalue weighted by molar-refractivity contribution is 5.94. The second-order valence-corrected chi connectivity index (χ2v) is 7.60. The lowest BCUT2D eigenvalue weighted by Crippen LogP contribution is -2.52. The summed E-state index contributed by atoms with van der Waals surface area (Å²) in [6.07, 6.45) is 0.0454.